The number of rotatable bonds is 3. The molecule has 6 heteroatoms. The number of nitrogens with zero attached hydrogens (tertiary/aromatic N) is 3. The molecule has 1 aliphatic rings. The fourth-order valence-corrected chi connectivity index (χ4v) is 2.82. The van der Waals surface area contributed by atoms with E-state index in [0.29, 0.717) is 29.2 Å². The number of carbonyl (C=O) groups excluding carboxylic acids is 1. The van der Waals surface area contributed by atoms with Gasteiger partial charge in [0, 0.05) is 26.2 Å². The maximum atomic E-state index is 12.3. The van der Waals surface area contributed by atoms with Crippen LogP contribution in [0.25, 0.3) is 0 Å². The van der Waals surface area contributed by atoms with Gasteiger partial charge in [0.1, 0.15) is 6.04 Å². The van der Waals surface area contributed by atoms with Crippen molar-refractivity contribution in [3.63, 3.8) is 0 Å². The average molecular weight is 340 g/mol. The molecule has 2 rings (SSSR count). The molecule has 0 spiro atoms. The van der Waals surface area contributed by atoms with Crippen LogP contribution in [0.3, 0.4) is 0 Å². The van der Waals surface area contributed by atoms with Gasteiger partial charge in [0.2, 0.25) is 5.76 Å². The van der Waals surface area contributed by atoms with Crippen LogP contribution in [0.1, 0.15) is 24.4 Å². The quantitative estimate of drug-likeness (QED) is 0.847. The Bertz CT molecular complexity index is 513. The Morgan fingerprint density at radius 3 is 2.50 bits per heavy atom. The molecule has 1 aliphatic heterocycles. The van der Waals surface area contributed by atoms with Crippen molar-refractivity contribution >= 4 is 21.8 Å². The predicted octanol–water partition coefficient (Wildman–Crippen LogP) is 2.35. The molecule has 20 heavy (non-hydrogen) atoms. The Morgan fingerprint density at radius 2 is 2.05 bits per heavy atom. The Labute approximate surface area is 127 Å². The van der Waals surface area contributed by atoms with Crippen molar-refractivity contribution in [2.75, 3.05) is 26.2 Å². The molecule has 5 nitrogen and oxygen atoms in total. The van der Waals surface area contributed by atoms with Crippen LogP contribution in [-0.4, -0.2) is 47.9 Å². The predicted molar refractivity (Wildman–Crippen MR) is 78.1 cm³/mol. The third-order valence-electron chi connectivity index (χ3n) is 3.57. The summed E-state index contributed by atoms with van der Waals surface area (Å²) in [7, 11) is 0. The Morgan fingerprint density at radius 1 is 1.40 bits per heavy atom. The molecule has 0 aromatic carbocycles. The molecular formula is C14H18BrN3O2. The third kappa shape index (κ3) is 3.05. The summed E-state index contributed by atoms with van der Waals surface area (Å²) < 4.78 is 5.89. The van der Waals surface area contributed by atoms with Crippen LogP contribution < -0.4 is 0 Å². The van der Waals surface area contributed by atoms with E-state index in [9.17, 15) is 10.1 Å². The van der Waals surface area contributed by atoms with E-state index in [4.69, 9.17) is 4.42 Å². The summed E-state index contributed by atoms with van der Waals surface area (Å²) in [4.78, 5) is 16.2. The third-order valence-corrected chi connectivity index (χ3v) is 4.19. The number of piperazine rings is 1. The largest absolute Gasteiger partial charge is 0.458 e. The van der Waals surface area contributed by atoms with Crippen molar-refractivity contribution < 1.29 is 9.21 Å². The first kappa shape index (κ1) is 15.1. The molecule has 0 unspecified atom stereocenters. The van der Waals surface area contributed by atoms with E-state index in [1.807, 2.05) is 13.8 Å². The number of halogens is 1. The first-order valence-corrected chi connectivity index (χ1v) is 7.49. The van der Waals surface area contributed by atoms with Gasteiger partial charge in [-0.3, -0.25) is 9.69 Å². The highest BCUT2D eigenvalue weighted by molar-refractivity contribution is 9.10. The molecule has 0 radical (unpaired) electrons. The monoisotopic (exact) mass is 339 g/mol. The second-order valence-corrected chi connectivity index (χ2v) is 6.10. The smallest absolute Gasteiger partial charge is 0.290 e. The van der Waals surface area contributed by atoms with Crippen molar-refractivity contribution in [2.24, 2.45) is 5.92 Å². The van der Waals surface area contributed by atoms with Crippen molar-refractivity contribution in [1.82, 2.24) is 9.80 Å². The van der Waals surface area contributed by atoms with Gasteiger partial charge in [-0.15, -0.1) is 0 Å². The summed E-state index contributed by atoms with van der Waals surface area (Å²) in [6.07, 6.45) is 1.50. The Kier molecular flexibility index (Phi) is 4.84. The fraction of sp³-hybridized carbons (Fsp3) is 0.571. The number of amides is 1. The van der Waals surface area contributed by atoms with Gasteiger partial charge in [0.15, 0.2) is 0 Å². The second-order valence-electron chi connectivity index (χ2n) is 5.24. The lowest BCUT2D eigenvalue weighted by atomic mass is 10.0. The van der Waals surface area contributed by atoms with Gasteiger partial charge >= 0.3 is 0 Å². The summed E-state index contributed by atoms with van der Waals surface area (Å²) in [6.45, 7) is 6.78. The molecule has 0 saturated carbocycles. The van der Waals surface area contributed by atoms with E-state index in [1.54, 1.807) is 11.0 Å². The molecule has 0 N–H and O–H groups in total. The molecule has 0 aliphatic carbocycles. The topological polar surface area (TPSA) is 60.5 Å². The van der Waals surface area contributed by atoms with E-state index < -0.39 is 0 Å². The molecule has 1 amide bonds. The maximum Gasteiger partial charge on any atom is 0.290 e. The van der Waals surface area contributed by atoms with E-state index in [0.717, 1.165) is 13.1 Å². The minimum atomic E-state index is -0.0976. The maximum absolute atomic E-state index is 12.3. The van der Waals surface area contributed by atoms with Gasteiger partial charge in [0.25, 0.3) is 5.91 Å². The number of furan rings is 1. The van der Waals surface area contributed by atoms with Crippen LogP contribution in [0.4, 0.5) is 0 Å². The molecule has 1 saturated heterocycles. The van der Waals surface area contributed by atoms with Crippen LogP contribution in [0, 0.1) is 17.2 Å². The zero-order chi connectivity index (χ0) is 14.7. The van der Waals surface area contributed by atoms with E-state index in [1.165, 1.54) is 6.26 Å². The highest BCUT2D eigenvalue weighted by atomic mass is 79.9. The van der Waals surface area contributed by atoms with Crippen LogP contribution in [-0.2, 0) is 0 Å². The van der Waals surface area contributed by atoms with Gasteiger partial charge in [-0.2, -0.15) is 5.26 Å². The van der Waals surface area contributed by atoms with Gasteiger partial charge < -0.3 is 9.32 Å². The zero-order valence-electron chi connectivity index (χ0n) is 11.7. The van der Waals surface area contributed by atoms with Gasteiger partial charge in [0.05, 0.1) is 16.8 Å². The summed E-state index contributed by atoms with van der Waals surface area (Å²) in [5.41, 5.74) is 0. The molecule has 1 aromatic heterocycles. The van der Waals surface area contributed by atoms with E-state index in [2.05, 4.69) is 26.9 Å². The van der Waals surface area contributed by atoms with Crippen LogP contribution in [0.15, 0.2) is 21.2 Å². The minimum absolute atomic E-state index is 0.0809. The summed E-state index contributed by atoms with van der Waals surface area (Å²) in [5.74, 6) is 0.542. The SMILES string of the molecule is CC(C)[C@@H](C#N)N1CCN(C(=O)c2occc2Br)CC1. The van der Waals surface area contributed by atoms with Crippen molar-refractivity contribution in [2.45, 2.75) is 19.9 Å². The first-order chi connectivity index (χ1) is 9.54. The zero-order valence-corrected chi connectivity index (χ0v) is 13.3. The Balaban J connectivity index is 1.97. The highest BCUT2D eigenvalue weighted by Gasteiger charge is 2.29. The van der Waals surface area contributed by atoms with Crippen molar-refractivity contribution in [3.8, 4) is 6.07 Å². The van der Waals surface area contributed by atoms with E-state index in [-0.39, 0.29) is 11.9 Å². The fourth-order valence-electron chi connectivity index (χ4n) is 2.45. The summed E-state index contributed by atoms with van der Waals surface area (Å²) in [5, 5.41) is 9.22. The van der Waals surface area contributed by atoms with Gasteiger partial charge in [-0.1, -0.05) is 13.8 Å². The van der Waals surface area contributed by atoms with Gasteiger partial charge in [-0.25, -0.2) is 0 Å². The standard InChI is InChI=1S/C14H18BrN3O2/c1-10(2)12(9-16)17-4-6-18(7-5-17)14(19)13-11(15)3-8-20-13/h3,8,10,12H,4-7H2,1-2H3/t12-/m1/s1. The van der Waals surface area contributed by atoms with Crippen LogP contribution in [0.2, 0.25) is 0 Å². The lowest BCUT2D eigenvalue weighted by Gasteiger charge is -2.37. The Hall–Kier alpha value is -1.32. The summed E-state index contributed by atoms with van der Waals surface area (Å²) >= 11 is 3.30. The van der Waals surface area contributed by atoms with Crippen molar-refractivity contribution in [1.29, 1.82) is 5.26 Å². The molecule has 1 atom stereocenters. The van der Waals surface area contributed by atoms with Crippen LogP contribution in [0.5, 0.6) is 0 Å². The first-order valence-electron chi connectivity index (χ1n) is 6.70. The molecular weight excluding hydrogens is 322 g/mol. The average Bonchev–Trinajstić information content (AvgIpc) is 2.85. The number of hydrogen-bond acceptors (Lipinski definition) is 4. The highest BCUT2D eigenvalue weighted by Crippen LogP contribution is 2.21. The molecule has 1 aromatic rings. The van der Waals surface area contributed by atoms with Gasteiger partial charge in [-0.05, 0) is 27.9 Å². The molecule has 1 fully saturated rings. The van der Waals surface area contributed by atoms with E-state index >= 15 is 0 Å². The number of carbonyl (C=O) groups is 1. The normalized spacial score (nSPS) is 18.1. The van der Waals surface area contributed by atoms with Crippen molar-refractivity contribution in [3.05, 3.63) is 22.6 Å². The molecule has 2 heterocycles. The van der Waals surface area contributed by atoms with Crippen LogP contribution >= 0.6 is 15.9 Å². The molecule has 0 bridgehead atoms. The number of hydrogen-bond donors (Lipinski definition) is 0. The molecule has 108 valence electrons. The lowest BCUT2D eigenvalue weighted by Crippen LogP contribution is -2.52. The second kappa shape index (κ2) is 6.42. The number of nitriles is 1. The lowest BCUT2D eigenvalue weighted by molar-refractivity contribution is 0.0547. The minimum Gasteiger partial charge on any atom is -0.458 e. The summed E-state index contributed by atoms with van der Waals surface area (Å²) in [6, 6.07) is 3.98.